The zero-order valence-corrected chi connectivity index (χ0v) is 19.0. The van der Waals surface area contributed by atoms with Gasteiger partial charge in [0.25, 0.3) is 5.69 Å². The van der Waals surface area contributed by atoms with Crippen molar-refractivity contribution in [3.8, 4) is 5.75 Å². The van der Waals surface area contributed by atoms with E-state index < -0.39 is 11.0 Å². The molecule has 8 nitrogen and oxygen atoms in total. The van der Waals surface area contributed by atoms with Crippen molar-refractivity contribution in [1.82, 2.24) is 10.6 Å². The molecule has 0 radical (unpaired) electrons. The number of nitrogens with one attached hydrogen (secondary N) is 2. The van der Waals surface area contributed by atoms with Gasteiger partial charge >= 0.3 is 0 Å². The van der Waals surface area contributed by atoms with Crippen molar-refractivity contribution in [2.45, 2.75) is 19.6 Å². The molecule has 158 valence electrons. The lowest BCUT2D eigenvalue weighted by Crippen LogP contribution is -2.42. The fraction of sp³-hybridized carbons (Fsp3) is 0.316. The molecular formula is C19H24ClIN4O4. The van der Waals surface area contributed by atoms with Gasteiger partial charge in [-0.3, -0.25) is 10.1 Å². The normalized spacial score (nSPS) is 11.9. The molecule has 0 spiro atoms. The largest absolute Gasteiger partial charge is 0.491 e. The van der Waals surface area contributed by atoms with Crippen molar-refractivity contribution in [1.29, 1.82) is 0 Å². The van der Waals surface area contributed by atoms with Crippen LogP contribution >= 0.6 is 35.6 Å². The summed E-state index contributed by atoms with van der Waals surface area (Å²) in [5.74, 6) is 1.00. The van der Waals surface area contributed by atoms with E-state index in [9.17, 15) is 15.2 Å². The molecule has 0 saturated carbocycles. The van der Waals surface area contributed by atoms with Gasteiger partial charge in [-0.1, -0.05) is 29.8 Å². The van der Waals surface area contributed by atoms with Crippen LogP contribution in [0.4, 0.5) is 5.69 Å². The molecule has 29 heavy (non-hydrogen) atoms. The standard InChI is InChI=1S/C19H23ClN4O4.HI/c1-2-21-19(22-11-14-5-3-4-6-18(14)20)23-12-16(25)13-28-17-9-7-15(8-10-17)24(26)27;/h3-10,16,25H,2,11-13H2,1H3,(H2,21,22,23);1H. The van der Waals surface area contributed by atoms with Crippen molar-refractivity contribution < 1.29 is 14.8 Å². The van der Waals surface area contributed by atoms with E-state index in [0.29, 0.717) is 29.8 Å². The molecular weight excluding hydrogens is 511 g/mol. The summed E-state index contributed by atoms with van der Waals surface area (Å²) in [6, 6.07) is 13.2. The summed E-state index contributed by atoms with van der Waals surface area (Å²) in [6.45, 7) is 3.28. The van der Waals surface area contributed by atoms with E-state index in [1.54, 1.807) is 0 Å². The summed E-state index contributed by atoms with van der Waals surface area (Å²) in [7, 11) is 0. The molecule has 1 atom stereocenters. The van der Waals surface area contributed by atoms with Crippen LogP contribution in [0, 0.1) is 10.1 Å². The smallest absolute Gasteiger partial charge is 0.269 e. The number of guanidine groups is 1. The predicted molar refractivity (Wildman–Crippen MR) is 124 cm³/mol. The zero-order valence-electron chi connectivity index (χ0n) is 15.9. The number of aliphatic hydroxyl groups excluding tert-OH is 1. The lowest BCUT2D eigenvalue weighted by Gasteiger charge is -2.16. The van der Waals surface area contributed by atoms with Gasteiger partial charge in [-0.25, -0.2) is 4.99 Å². The molecule has 10 heteroatoms. The average Bonchev–Trinajstić information content (AvgIpc) is 2.69. The summed E-state index contributed by atoms with van der Waals surface area (Å²) in [4.78, 5) is 14.6. The lowest BCUT2D eigenvalue weighted by atomic mass is 10.2. The number of halogens is 2. The maximum Gasteiger partial charge on any atom is 0.269 e. The SMILES string of the molecule is CCNC(=NCc1ccccc1Cl)NCC(O)COc1ccc([N+](=O)[O-])cc1.I. The molecule has 0 amide bonds. The maximum absolute atomic E-state index is 10.6. The molecule has 0 fully saturated rings. The summed E-state index contributed by atoms with van der Waals surface area (Å²) in [5, 5.41) is 27.5. The molecule has 0 bridgehead atoms. The molecule has 2 rings (SSSR count). The Morgan fingerprint density at radius 1 is 1.24 bits per heavy atom. The van der Waals surface area contributed by atoms with Crippen molar-refractivity contribution in [2.24, 2.45) is 4.99 Å². The van der Waals surface area contributed by atoms with Gasteiger partial charge in [-0.15, -0.1) is 24.0 Å². The third-order valence-electron chi connectivity index (χ3n) is 3.70. The quantitative estimate of drug-likeness (QED) is 0.150. The lowest BCUT2D eigenvalue weighted by molar-refractivity contribution is -0.384. The van der Waals surface area contributed by atoms with Crippen LogP contribution in [-0.2, 0) is 6.54 Å². The van der Waals surface area contributed by atoms with Crippen molar-refractivity contribution in [2.75, 3.05) is 19.7 Å². The second kappa shape index (κ2) is 13.2. The van der Waals surface area contributed by atoms with E-state index in [2.05, 4.69) is 15.6 Å². The molecule has 0 aliphatic rings. The molecule has 0 saturated heterocycles. The number of rotatable bonds is 9. The minimum atomic E-state index is -0.792. The number of nitrogens with zero attached hydrogens (tertiary/aromatic N) is 2. The highest BCUT2D eigenvalue weighted by Crippen LogP contribution is 2.17. The third-order valence-corrected chi connectivity index (χ3v) is 4.07. The topological polar surface area (TPSA) is 109 Å². The maximum atomic E-state index is 10.6. The van der Waals surface area contributed by atoms with Crippen LogP contribution in [0.1, 0.15) is 12.5 Å². The van der Waals surface area contributed by atoms with Crippen LogP contribution in [0.5, 0.6) is 5.75 Å². The number of hydrogen-bond donors (Lipinski definition) is 3. The van der Waals surface area contributed by atoms with Gasteiger partial charge in [0.15, 0.2) is 5.96 Å². The van der Waals surface area contributed by atoms with E-state index >= 15 is 0 Å². The first-order valence-corrected chi connectivity index (χ1v) is 9.18. The number of ether oxygens (including phenoxy) is 1. The molecule has 1 unspecified atom stereocenters. The number of benzene rings is 2. The highest BCUT2D eigenvalue weighted by Gasteiger charge is 2.09. The Bertz CT molecular complexity index is 805. The van der Waals surface area contributed by atoms with Gasteiger partial charge in [0.2, 0.25) is 0 Å². The monoisotopic (exact) mass is 534 g/mol. The van der Waals surface area contributed by atoms with Crippen LogP contribution < -0.4 is 15.4 Å². The third kappa shape index (κ3) is 8.84. The molecule has 2 aromatic carbocycles. The Morgan fingerprint density at radius 3 is 2.55 bits per heavy atom. The Labute approximate surface area is 191 Å². The fourth-order valence-electron chi connectivity index (χ4n) is 2.26. The number of aliphatic imine (C=N–C) groups is 1. The van der Waals surface area contributed by atoms with E-state index in [0.717, 1.165) is 5.56 Å². The molecule has 0 aliphatic heterocycles. The Hall–Kier alpha value is -2.11. The Kier molecular flexibility index (Phi) is 11.3. The van der Waals surface area contributed by atoms with Crippen molar-refractivity contribution in [3.05, 3.63) is 69.2 Å². The number of non-ortho nitro benzene ring substituents is 1. The van der Waals surface area contributed by atoms with Gasteiger partial charge in [0.1, 0.15) is 18.5 Å². The molecule has 0 heterocycles. The van der Waals surface area contributed by atoms with E-state index in [-0.39, 0.29) is 42.8 Å². The highest BCUT2D eigenvalue weighted by atomic mass is 127. The summed E-state index contributed by atoms with van der Waals surface area (Å²) in [6.07, 6.45) is -0.792. The molecule has 0 aromatic heterocycles. The number of nitro benzene ring substituents is 1. The second-order valence-electron chi connectivity index (χ2n) is 5.88. The minimum Gasteiger partial charge on any atom is -0.491 e. The Balaban J connectivity index is 0.00000420. The molecule has 3 N–H and O–H groups in total. The van der Waals surface area contributed by atoms with Gasteiger partial charge in [0, 0.05) is 30.2 Å². The van der Waals surface area contributed by atoms with Gasteiger partial charge in [-0.2, -0.15) is 0 Å². The van der Waals surface area contributed by atoms with Crippen LogP contribution in [0.15, 0.2) is 53.5 Å². The number of nitro groups is 1. The van der Waals surface area contributed by atoms with Crippen molar-refractivity contribution in [3.63, 3.8) is 0 Å². The van der Waals surface area contributed by atoms with E-state index in [1.807, 2.05) is 31.2 Å². The van der Waals surface area contributed by atoms with E-state index in [4.69, 9.17) is 16.3 Å². The van der Waals surface area contributed by atoms with Crippen LogP contribution in [0.3, 0.4) is 0 Å². The first kappa shape index (κ1) is 24.9. The zero-order chi connectivity index (χ0) is 20.4. The first-order chi connectivity index (χ1) is 13.5. The fourth-order valence-corrected chi connectivity index (χ4v) is 2.46. The van der Waals surface area contributed by atoms with Crippen LogP contribution in [-0.4, -0.2) is 41.8 Å². The Morgan fingerprint density at radius 2 is 1.93 bits per heavy atom. The first-order valence-electron chi connectivity index (χ1n) is 8.80. The summed E-state index contributed by atoms with van der Waals surface area (Å²) >= 11 is 6.13. The predicted octanol–water partition coefficient (Wildman–Crippen LogP) is 3.36. The number of hydrogen-bond acceptors (Lipinski definition) is 5. The summed E-state index contributed by atoms with van der Waals surface area (Å²) in [5.41, 5.74) is 0.892. The van der Waals surface area contributed by atoms with Crippen LogP contribution in [0.25, 0.3) is 0 Å². The highest BCUT2D eigenvalue weighted by molar-refractivity contribution is 14.0. The second-order valence-corrected chi connectivity index (χ2v) is 6.29. The van der Waals surface area contributed by atoms with Crippen LogP contribution in [0.2, 0.25) is 5.02 Å². The van der Waals surface area contributed by atoms with Gasteiger partial charge < -0.3 is 20.5 Å². The molecule has 0 aliphatic carbocycles. The minimum absolute atomic E-state index is 0. The summed E-state index contributed by atoms with van der Waals surface area (Å²) < 4.78 is 5.45. The van der Waals surface area contributed by atoms with Gasteiger partial charge in [-0.05, 0) is 30.7 Å². The average molecular weight is 535 g/mol. The van der Waals surface area contributed by atoms with Gasteiger partial charge in [0.05, 0.1) is 11.5 Å². The van der Waals surface area contributed by atoms with E-state index in [1.165, 1.54) is 24.3 Å². The molecule has 2 aromatic rings. The van der Waals surface area contributed by atoms with Crippen molar-refractivity contribution >= 4 is 47.2 Å². The number of aliphatic hydroxyl groups is 1.